The van der Waals surface area contributed by atoms with Crippen LogP contribution in [0.1, 0.15) is 17.3 Å². The van der Waals surface area contributed by atoms with Crippen LogP contribution in [0.5, 0.6) is 11.5 Å². The lowest BCUT2D eigenvalue weighted by atomic mass is 10.2. The van der Waals surface area contributed by atoms with Gasteiger partial charge in [0.05, 0.1) is 37.8 Å². The van der Waals surface area contributed by atoms with Crippen LogP contribution in [0.2, 0.25) is 0 Å². The number of rotatable bonds is 9. The van der Waals surface area contributed by atoms with E-state index in [1.54, 1.807) is 6.92 Å². The van der Waals surface area contributed by atoms with E-state index in [1.807, 2.05) is 0 Å². The SMILES string of the molecule is CCOC(=O)c1ccc(NC(=O)CN(C)S(=O)(=O)c2ccc(OC)c(OC)c2)cc1. The maximum atomic E-state index is 12.8. The molecule has 0 saturated carbocycles. The molecule has 1 amide bonds. The Balaban J connectivity index is 2.06. The third kappa shape index (κ3) is 5.49. The number of nitrogens with zero attached hydrogens (tertiary/aromatic N) is 1. The first-order valence-electron chi connectivity index (χ1n) is 8.98. The van der Waals surface area contributed by atoms with Crippen LogP contribution in [0.15, 0.2) is 47.4 Å². The summed E-state index contributed by atoms with van der Waals surface area (Å²) in [6.07, 6.45) is 0. The number of nitrogens with one attached hydrogen (secondary N) is 1. The highest BCUT2D eigenvalue weighted by atomic mass is 32.2. The molecule has 1 N–H and O–H groups in total. The quantitative estimate of drug-likeness (QED) is 0.600. The minimum atomic E-state index is -3.93. The second-order valence-corrected chi connectivity index (χ2v) is 8.17. The van der Waals surface area contributed by atoms with E-state index in [2.05, 4.69) is 5.32 Å². The molecule has 0 heterocycles. The van der Waals surface area contributed by atoms with Gasteiger partial charge in [-0.2, -0.15) is 4.31 Å². The predicted molar refractivity (Wildman–Crippen MR) is 110 cm³/mol. The molecule has 0 radical (unpaired) electrons. The lowest BCUT2D eigenvalue weighted by Gasteiger charge is -2.18. The highest BCUT2D eigenvalue weighted by molar-refractivity contribution is 7.89. The van der Waals surface area contributed by atoms with Crippen LogP contribution in [-0.4, -0.2) is 59.0 Å². The molecule has 0 aliphatic carbocycles. The van der Waals surface area contributed by atoms with Gasteiger partial charge in [-0.25, -0.2) is 13.2 Å². The first kappa shape index (κ1) is 23.2. The number of methoxy groups -OCH3 is 2. The van der Waals surface area contributed by atoms with E-state index < -0.39 is 28.4 Å². The third-order valence-corrected chi connectivity index (χ3v) is 5.91. The van der Waals surface area contributed by atoms with E-state index in [0.29, 0.717) is 17.0 Å². The molecule has 0 bridgehead atoms. The van der Waals surface area contributed by atoms with Crippen molar-refractivity contribution in [3.63, 3.8) is 0 Å². The van der Waals surface area contributed by atoms with E-state index in [1.165, 1.54) is 63.7 Å². The number of likely N-dealkylation sites (N-methyl/N-ethyl adjacent to an activating group) is 1. The molecule has 0 aliphatic rings. The van der Waals surface area contributed by atoms with Crippen molar-refractivity contribution >= 4 is 27.6 Å². The Bertz CT molecular complexity index is 1000. The van der Waals surface area contributed by atoms with Gasteiger partial charge in [-0.1, -0.05) is 0 Å². The zero-order valence-corrected chi connectivity index (χ0v) is 18.0. The lowest BCUT2D eigenvalue weighted by molar-refractivity contribution is -0.116. The Hall–Kier alpha value is -3.11. The van der Waals surface area contributed by atoms with E-state index in [9.17, 15) is 18.0 Å². The molecular formula is C20H24N2O7S. The molecule has 30 heavy (non-hydrogen) atoms. The number of hydrogen-bond acceptors (Lipinski definition) is 7. The topological polar surface area (TPSA) is 111 Å². The van der Waals surface area contributed by atoms with Crippen molar-refractivity contribution < 1.29 is 32.2 Å². The number of esters is 1. The Morgan fingerprint density at radius 1 is 1.00 bits per heavy atom. The molecule has 10 heteroatoms. The van der Waals surface area contributed by atoms with Crippen LogP contribution in [0.25, 0.3) is 0 Å². The summed E-state index contributed by atoms with van der Waals surface area (Å²) >= 11 is 0. The fourth-order valence-electron chi connectivity index (χ4n) is 2.55. The first-order chi connectivity index (χ1) is 14.2. The number of carbonyl (C=O) groups excluding carboxylic acids is 2. The number of amides is 1. The molecule has 9 nitrogen and oxygen atoms in total. The van der Waals surface area contributed by atoms with Gasteiger partial charge in [-0.15, -0.1) is 0 Å². The van der Waals surface area contributed by atoms with Gasteiger partial charge >= 0.3 is 5.97 Å². The summed E-state index contributed by atoms with van der Waals surface area (Å²) in [5, 5.41) is 2.59. The van der Waals surface area contributed by atoms with Crippen LogP contribution >= 0.6 is 0 Å². The summed E-state index contributed by atoms with van der Waals surface area (Å²) in [6.45, 7) is 1.56. The van der Waals surface area contributed by atoms with Crippen LogP contribution in [0, 0.1) is 0 Å². The van der Waals surface area contributed by atoms with Gasteiger partial charge in [0.25, 0.3) is 0 Å². The van der Waals surface area contributed by atoms with Gasteiger partial charge in [0.1, 0.15) is 0 Å². The van der Waals surface area contributed by atoms with Gasteiger partial charge in [-0.3, -0.25) is 4.79 Å². The molecule has 2 aromatic rings. The maximum absolute atomic E-state index is 12.8. The Morgan fingerprint density at radius 2 is 1.63 bits per heavy atom. The van der Waals surface area contributed by atoms with E-state index >= 15 is 0 Å². The van der Waals surface area contributed by atoms with Crippen molar-refractivity contribution in [3.05, 3.63) is 48.0 Å². The summed E-state index contributed by atoms with van der Waals surface area (Å²) in [7, 11) is 0.216. The molecular weight excluding hydrogens is 412 g/mol. The fraction of sp³-hybridized carbons (Fsp3) is 0.300. The molecule has 162 valence electrons. The number of carbonyl (C=O) groups is 2. The monoisotopic (exact) mass is 436 g/mol. The lowest BCUT2D eigenvalue weighted by Crippen LogP contribution is -2.35. The molecule has 0 fully saturated rings. The zero-order valence-electron chi connectivity index (χ0n) is 17.2. The van der Waals surface area contributed by atoms with E-state index in [4.69, 9.17) is 14.2 Å². The molecule has 0 saturated heterocycles. The summed E-state index contributed by atoms with van der Waals surface area (Å²) in [5.41, 5.74) is 0.771. The van der Waals surface area contributed by atoms with Crippen molar-refractivity contribution in [3.8, 4) is 11.5 Å². The van der Waals surface area contributed by atoms with E-state index in [0.717, 1.165) is 4.31 Å². The van der Waals surface area contributed by atoms with Gasteiger partial charge < -0.3 is 19.5 Å². The molecule has 0 aliphatic heterocycles. The van der Waals surface area contributed by atoms with Crippen LogP contribution in [0.4, 0.5) is 5.69 Å². The highest BCUT2D eigenvalue weighted by Crippen LogP contribution is 2.30. The Kier molecular flexibility index (Phi) is 7.79. The van der Waals surface area contributed by atoms with Crippen LogP contribution < -0.4 is 14.8 Å². The van der Waals surface area contributed by atoms with Gasteiger partial charge in [0.15, 0.2) is 11.5 Å². The molecule has 0 aromatic heterocycles. The smallest absolute Gasteiger partial charge is 0.338 e. The van der Waals surface area contributed by atoms with Gasteiger partial charge in [0, 0.05) is 18.8 Å². The summed E-state index contributed by atoms with van der Waals surface area (Å²) in [4.78, 5) is 23.9. The maximum Gasteiger partial charge on any atom is 0.338 e. The van der Waals surface area contributed by atoms with Gasteiger partial charge in [-0.05, 0) is 43.3 Å². The normalized spacial score (nSPS) is 11.1. The largest absolute Gasteiger partial charge is 0.493 e. The number of hydrogen-bond donors (Lipinski definition) is 1. The average Bonchev–Trinajstić information content (AvgIpc) is 2.73. The number of sulfonamides is 1. The predicted octanol–water partition coefficient (Wildman–Crippen LogP) is 2.14. The van der Waals surface area contributed by atoms with Crippen molar-refractivity contribution in [2.45, 2.75) is 11.8 Å². The third-order valence-electron chi connectivity index (χ3n) is 4.11. The minimum absolute atomic E-state index is 0.0331. The molecule has 0 unspecified atom stereocenters. The number of benzene rings is 2. The number of ether oxygens (including phenoxy) is 3. The summed E-state index contributed by atoms with van der Waals surface area (Å²) < 4.78 is 41.6. The first-order valence-corrected chi connectivity index (χ1v) is 10.4. The van der Waals surface area contributed by atoms with Crippen LogP contribution in [0.3, 0.4) is 0 Å². The molecule has 2 aromatic carbocycles. The molecule has 2 rings (SSSR count). The second-order valence-electron chi connectivity index (χ2n) is 6.12. The Labute approximate surface area is 175 Å². The van der Waals surface area contributed by atoms with Gasteiger partial charge in [0.2, 0.25) is 15.9 Å². The van der Waals surface area contributed by atoms with Crippen LogP contribution in [-0.2, 0) is 19.6 Å². The van der Waals surface area contributed by atoms with Crippen molar-refractivity contribution in [1.82, 2.24) is 4.31 Å². The zero-order chi connectivity index (χ0) is 22.3. The van der Waals surface area contributed by atoms with E-state index in [-0.39, 0.29) is 17.3 Å². The number of anilines is 1. The average molecular weight is 436 g/mol. The van der Waals surface area contributed by atoms with Crippen molar-refractivity contribution in [2.24, 2.45) is 0 Å². The molecule has 0 spiro atoms. The van der Waals surface area contributed by atoms with Crippen molar-refractivity contribution in [2.75, 3.05) is 39.7 Å². The standard InChI is InChI=1S/C20H24N2O7S/c1-5-29-20(24)14-6-8-15(9-7-14)21-19(23)13-22(2)30(25,26)16-10-11-17(27-3)18(12-16)28-4/h6-12H,5,13H2,1-4H3,(H,21,23). The van der Waals surface area contributed by atoms with Crippen molar-refractivity contribution in [1.29, 1.82) is 0 Å². The summed E-state index contributed by atoms with van der Waals surface area (Å²) in [6, 6.07) is 10.3. The Morgan fingerprint density at radius 3 is 2.20 bits per heavy atom. The highest BCUT2D eigenvalue weighted by Gasteiger charge is 2.24. The summed E-state index contributed by atoms with van der Waals surface area (Å²) in [5.74, 6) is -0.345. The molecule has 0 atom stereocenters. The fourth-order valence-corrected chi connectivity index (χ4v) is 3.69. The minimum Gasteiger partial charge on any atom is -0.493 e. The second kappa shape index (κ2) is 10.1.